The van der Waals surface area contributed by atoms with Crippen molar-refractivity contribution in [3.05, 3.63) is 175 Å². The summed E-state index contributed by atoms with van der Waals surface area (Å²) in [5.74, 6) is 0. The maximum Gasteiger partial charge on any atom is 0.188 e. The molecule has 0 fully saturated rings. The summed E-state index contributed by atoms with van der Waals surface area (Å²) in [5, 5.41) is 14.6. The van der Waals surface area contributed by atoms with Crippen LogP contribution in [0.1, 0.15) is 5.56 Å². The molecule has 0 aliphatic rings. The van der Waals surface area contributed by atoms with Gasteiger partial charge in [0.1, 0.15) is 0 Å². The maximum atomic E-state index is 9.98. The van der Waals surface area contributed by atoms with Gasteiger partial charge in [0.2, 0.25) is 0 Å². The Hall–Kier alpha value is -6.88. The average Bonchev–Trinajstić information content (AvgIpc) is 3.67. The lowest BCUT2D eigenvalue weighted by Crippen LogP contribution is -1.98. The molecule has 9 rings (SSSR count). The fourth-order valence-corrected chi connectivity index (χ4v) is 7.27. The molecule has 0 aliphatic carbocycles. The summed E-state index contributed by atoms with van der Waals surface area (Å²) in [6.07, 6.45) is 0. The Morgan fingerprint density at radius 2 is 1.06 bits per heavy atom. The normalized spacial score (nSPS) is 11.3. The minimum atomic E-state index is 0.617. The zero-order valence-corrected chi connectivity index (χ0v) is 25.8. The number of nitrogens with zero attached hydrogens (tertiary/aromatic N) is 4. The van der Waals surface area contributed by atoms with Crippen LogP contribution in [0.2, 0.25) is 0 Å². The van der Waals surface area contributed by atoms with Crippen molar-refractivity contribution in [1.82, 2.24) is 9.13 Å². The van der Waals surface area contributed by atoms with Crippen LogP contribution in [-0.2, 0) is 0 Å². The first-order valence-corrected chi connectivity index (χ1v) is 15.9. The molecule has 48 heavy (non-hydrogen) atoms. The monoisotopic (exact) mass is 610 g/mol. The van der Waals surface area contributed by atoms with Gasteiger partial charge < -0.3 is 9.13 Å². The van der Waals surface area contributed by atoms with Crippen molar-refractivity contribution in [1.29, 1.82) is 5.26 Å². The van der Waals surface area contributed by atoms with E-state index in [1.54, 1.807) is 0 Å². The Kier molecular flexibility index (Phi) is 6.22. The lowest BCUT2D eigenvalue weighted by molar-refractivity contribution is 1.18. The van der Waals surface area contributed by atoms with Gasteiger partial charge in [-0.25, -0.2) is 4.85 Å². The molecule has 0 saturated carbocycles. The molecule has 2 heterocycles. The van der Waals surface area contributed by atoms with Gasteiger partial charge in [-0.1, -0.05) is 97.1 Å². The van der Waals surface area contributed by atoms with Gasteiger partial charge >= 0.3 is 0 Å². The molecule has 0 unspecified atom stereocenters. The largest absolute Gasteiger partial charge is 0.309 e. The summed E-state index contributed by atoms with van der Waals surface area (Å²) in [6, 6.07) is 56.8. The van der Waals surface area contributed by atoms with E-state index in [1.165, 1.54) is 10.8 Å². The SMILES string of the molecule is [C-]#[N+]c1ccc2c(c1)c1ccccc1n2-c1ccc(-c2ccc(C#N)cc2-c2ccccc2-n2c3ccccc3c3ccccc32)cc1. The van der Waals surface area contributed by atoms with Crippen molar-refractivity contribution in [3.63, 3.8) is 0 Å². The van der Waals surface area contributed by atoms with Crippen molar-refractivity contribution in [2.45, 2.75) is 0 Å². The molecule has 4 nitrogen and oxygen atoms in total. The first-order valence-electron chi connectivity index (χ1n) is 15.9. The molecular formula is C44H26N4. The van der Waals surface area contributed by atoms with Gasteiger partial charge in [0.15, 0.2) is 5.69 Å². The van der Waals surface area contributed by atoms with Crippen LogP contribution in [0.4, 0.5) is 5.69 Å². The number of hydrogen-bond donors (Lipinski definition) is 0. The molecule has 0 amide bonds. The third-order valence-corrected chi connectivity index (χ3v) is 9.39. The molecular weight excluding hydrogens is 585 g/mol. The van der Waals surface area contributed by atoms with Gasteiger partial charge in [0.25, 0.3) is 0 Å². The summed E-state index contributed by atoms with van der Waals surface area (Å²) in [7, 11) is 0. The van der Waals surface area contributed by atoms with Crippen LogP contribution >= 0.6 is 0 Å². The fourth-order valence-electron chi connectivity index (χ4n) is 7.27. The summed E-state index contributed by atoms with van der Waals surface area (Å²) < 4.78 is 4.60. The molecule has 0 spiro atoms. The highest BCUT2D eigenvalue weighted by Gasteiger charge is 2.18. The van der Waals surface area contributed by atoms with E-state index in [0.717, 1.165) is 66.5 Å². The average molecular weight is 611 g/mol. The molecule has 0 bridgehead atoms. The third-order valence-electron chi connectivity index (χ3n) is 9.39. The number of hydrogen-bond acceptors (Lipinski definition) is 1. The number of rotatable bonds is 4. The predicted octanol–water partition coefficient (Wildman–Crippen LogP) is 11.6. The number of benzene rings is 7. The van der Waals surface area contributed by atoms with Gasteiger partial charge in [0, 0.05) is 27.4 Å². The molecule has 0 atom stereocenters. The van der Waals surface area contributed by atoms with Crippen molar-refractivity contribution in [2.24, 2.45) is 0 Å². The lowest BCUT2D eigenvalue weighted by atomic mass is 9.91. The molecule has 222 valence electrons. The highest BCUT2D eigenvalue weighted by atomic mass is 15.0. The van der Waals surface area contributed by atoms with Crippen molar-refractivity contribution in [2.75, 3.05) is 0 Å². The Morgan fingerprint density at radius 3 is 1.73 bits per heavy atom. The Bertz CT molecular complexity index is 2750. The first-order chi connectivity index (χ1) is 23.7. The lowest BCUT2D eigenvalue weighted by Gasteiger charge is -2.17. The zero-order valence-electron chi connectivity index (χ0n) is 25.8. The third kappa shape index (κ3) is 4.14. The maximum absolute atomic E-state index is 9.98. The summed E-state index contributed by atoms with van der Waals surface area (Å²) in [4.78, 5) is 3.67. The van der Waals surface area contributed by atoms with Gasteiger partial charge in [-0.2, -0.15) is 5.26 Å². The Labute approximate surface area is 277 Å². The van der Waals surface area contributed by atoms with E-state index in [1.807, 2.05) is 36.4 Å². The highest BCUT2D eigenvalue weighted by Crippen LogP contribution is 2.41. The fraction of sp³-hybridized carbons (Fsp3) is 0. The summed E-state index contributed by atoms with van der Waals surface area (Å²) in [6.45, 7) is 7.53. The number of para-hydroxylation sites is 4. The van der Waals surface area contributed by atoms with Crippen molar-refractivity contribution >= 4 is 49.3 Å². The molecule has 0 saturated heterocycles. The van der Waals surface area contributed by atoms with Crippen LogP contribution in [-0.4, -0.2) is 9.13 Å². The van der Waals surface area contributed by atoms with Crippen LogP contribution in [0.15, 0.2) is 158 Å². The zero-order chi connectivity index (χ0) is 32.2. The molecule has 0 aliphatic heterocycles. The topological polar surface area (TPSA) is 38.0 Å². The van der Waals surface area contributed by atoms with E-state index < -0.39 is 0 Å². The Morgan fingerprint density at radius 1 is 0.479 bits per heavy atom. The van der Waals surface area contributed by atoms with Crippen LogP contribution in [0, 0.1) is 17.9 Å². The van der Waals surface area contributed by atoms with E-state index in [0.29, 0.717) is 11.3 Å². The molecule has 0 radical (unpaired) electrons. The molecule has 7 aromatic carbocycles. The predicted molar refractivity (Wildman–Crippen MR) is 197 cm³/mol. The van der Waals surface area contributed by atoms with E-state index in [9.17, 15) is 5.26 Å². The minimum absolute atomic E-state index is 0.617. The van der Waals surface area contributed by atoms with Gasteiger partial charge in [0.05, 0.1) is 46.0 Å². The summed E-state index contributed by atoms with van der Waals surface area (Å²) in [5.41, 5.74) is 12.0. The minimum Gasteiger partial charge on any atom is -0.309 e. The molecule has 2 aromatic heterocycles. The number of nitriles is 1. The Balaban J connectivity index is 1.23. The van der Waals surface area contributed by atoms with E-state index in [4.69, 9.17) is 6.57 Å². The molecule has 4 heteroatoms. The van der Waals surface area contributed by atoms with E-state index in [2.05, 4.69) is 141 Å². The smallest absolute Gasteiger partial charge is 0.188 e. The van der Waals surface area contributed by atoms with Crippen molar-refractivity contribution < 1.29 is 0 Å². The van der Waals surface area contributed by atoms with Gasteiger partial charge in [-0.05, 0) is 82.7 Å². The standard InChI is InChI=1S/C44H26N4/c1-46-31-21-25-44-39(27-31)37-13-5-6-14-40(37)47(44)32-22-19-30(20-23-32)33-24-18-29(28-45)26-38(33)36-12-4-9-17-43(36)48-41-15-7-2-10-34(41)35-11-3-8-16-42(35)48/h2-27H. The summed E-state index contributed by atoms with van der Waals surface area (Å²) >= 11 is 0. The highest BCUT2D eigenvalue weighted by molar-refractivity contribution is 6.11. The molecule has 0 N–H and O–H groups in total. The number of fused-ring (bicyclic) bond motifs is 6. The second kappa shape index (κ2) is 10.9. The van der Waals surface area contributed by atoms with E-state index >= 15 is 0 Å². The van der Waals surface area contributed by atoms with Gasteiger partial charge in [-0.15, -0.1) is 0 Å². The van der Waals surface area contributed by atoms with Crippen molar-refractivity contribution in [3.8, 4) is 39.7 Å². The first kappa shape index (κ1) is 27.4. The second-order valence-corrected chi connectivity index (χ2v) is 12.0. The van der Waals surface area contributed by atoms with Crippen LogP contribution in [0.3, 0.4) is 0 Å². The van der Waals surface area contributed by atoms with Gasteiger partial charge in [-0.3, -0.25) is 0 Å². The second-order valence-electron chi connectivity index (χ2n) is 12.0. The van der Waals surface area contributed by atoms with Crippen LogP contribution in [0.25, 0.3) is 82.1 Å². The quantitative estimate of drug-likeness (QED) is 0.183. The number of aromatic nitrogens is 2. The molecule has 9 aromatic rings. The van der Waals surface area contributed by atoms with E-state index in [-0.39, 0.29) is 0 Å². The van der Waals surface area contributed by atoms with Crippen LogP contribution < -0.4 is 0 Å². The van der Waals surface area contributed by atoms with Crippen LogP contribution in [0.5, 0.6) is 0 Å².